The summed E-state index contributed by atoms with van der Waals surface area (Å²) >= 11 is 8.59. The number of aliphatic carboxylic acids is 1. The molecule has 1 N–H and O–H groups in total. The van der Waals surface area contributed by atoms with Gasteiger partial charge in [-0.15, -0.1) is 11.3 Å². The van der Waals surface area contributed by atoms with Crippen LogP contribution in [0.3, 0.4) is 0 Å². The summed E-state index contributed by atoms with van der Waals surface area (Å²) < 4.78 is 45.8. The maximum absolute atomic E-state index is 14.2. The smallest absolute Gasteiger partial charge is 0.345 e. The van der Waals surface area contributed by atoms with Gasteiger partial charge in [-0.25, -0.2) is 29.1 Å². The molecule has 320 valence electrons. The maximum atomic E-state index is 14.2. The van der Waals surface area contributed by atoms with Crippen molar-refractivity contribution in [3.05, 3.63) is 113 Å². The van der Waals surface area contributed by atoms with E-state index in [0.717, 1.165) is 47.8 Å². The summed E-state index contributed by atoms with van der Waals surface area (Å²) in [5, 5.41) is 11.7. The van der Waals surface area contributed by atoms with Crippen LogP contribution in [0.2, 0.25) is 5.02 Å². The lowest BCUT2D eigenvalue weighted by Crippen LogP contribution is -2.49. The number of carboxylic acids is 1. The average molecular weight is 879 g/mol. The molecule has 4 aliphatic rings. The molecule has 7 heterocycles. The number of carbonyl (C=O) groups is 1. The first-order chi connectivity index (χ1) is 30.2. The highest BCUT2D eigenvalue weighted by Crippen LogP contribution is 2.49. The van der Waals surface area contributed by atoms with Gasteiger partial charge < -0.3 is 33.7 Å². The molecule has 3 aromatic carbocycles. The van der Waals surface area contributed by atoms with Gasteiger partial charge >= 0.3 is 5.97 Å². The third-order valence-electron chi connectivity index (χ3n) is 11.3. The number of benzene rings is 3. The predicted octanol–water partition coefficient (Wildman–Crippen LogP) is 7.76. The Morgan fingerprint density at radius 3 is 2.66 bits per heavy atom. The molecule has 3 aromatic heterocycles. The van der Waals surface area contributed by atoms with Crippen LogP contribution in [0.1, 0.15) is 29.1 Å². The summed E-state index contributed by atoms with van der Waals surface area (Å²) in [6, 6.07) is 17.1. The molecule has 0 radical (unpaired) electrons. The number of halogens is 2. The highest BCUT2D eigenvalue weighted by atomic mass is 35.5. The quantitative estimate of drug-likeness (QED) is 0.159. The second kappa shape index (κ2) is 18.3. The minimum Gasteiger partial charge on any atom is -0.490 e. The average Bonchev–Trinajstić information content (AvgIpc) is 3.68. The van der Waals surface area contributed by atoms with Crippen molar-refractivity contribution in [2.75, 3.05) is 59.6 Å². The summed E-state index contributed by atoms with van der Waals surface area (Å²) in [6.45, 7) is 7.48. The molecular formula is C46H44ClFN6O7S. The predicted molar refractivity (Wildman–Crippen MR) is 234 cm³/mol. The van der Waals surface area contributed by atoms with Crippen LogP contribution < -0.4 is 18.9 Å². The third kappa shape index (κ3) is 9.08. The molecule has 1 saturated heterocycles. The van der Waals surface area contributed by atoms with Crippen LogP contribution in [0.5, 0.6) is 23.1 Å². The normalized spacial score (nSPS) is 18.6. The van der Waals surface area contributed by atoms with Gasteiger partial charge in [0.1, 0.15) is 53.5 Å². The number of hydrogen-bond donors (Lipinski definition) is 1. The highest BCUT2D eigenvalue weighted by Gasteiger charge is 2.30. The van der Waals surface area contributed by atoms with Crippen LogP contribution in [-0.4, -0.2) is 113 Å². The Kier molecular flexibility index (Phi) is 12.3. The molecule has 1 fully saturated rings. The molecule has 10 rings (SSSR count). The zero-order valence-corrected chi connectivity index (χ0v) is 35.8. The fraction of sp³-hybridized carbons (Fsp3) is 0.326. The van der Waals surface area contributed by atoms with Crippen molar-refractivity contribution in [3.8, 4) is 44.7 Å². The summed E-state index contributed by atoms with van der Waals surface area (Å²) in [7, 11) is 2.11. The molecule has 2 atom stereocenters. The number of piperazine rings is 1. The van der Waals surface area contributed by atoms with Crippen molar-refractivity contribution in [2.45, 2.75) is 38.6 Å². The van der Waals surface area contributed by atoms with Gasteiger partial charge in [0.05, 0.1) is 29.3 Å². The van der Waals surface area contributed by atoms with E-state index < -0.39 is 18.2 Å². The lowest BCUT2D eigenvalue weighted by atomic mass is 9.96. The van der Waals surface area contributed by atoms with Crippen molar-refractivity contribution in [1.29, 1.82) is 0 Å². The molecule has 4 aliphatic heterocycles. The van der Waals surface area contributed by atoms with Gasteiger partial charge in [-0.1, -0.05) is 35.9 Å². The first-order valence-electron chi connectivity index (χ1n) is 20.4. The van der Waals surface area contributed by atoms with Crippen molar-refractivity contribution in [2.24, 2.45) is 0 Å². The van der Waals surface area contributed by atoms with Gasteiger partial charge in [0.2, 0.25) is 12.0 Å². The van der Waals surface area contributed by atoms with E-state index in [-0.39, 0.29) is 31.3 Å². The molecule has 4 bridgehead atoms. The third-order valence-corrected chi connectivity index (χ3v) is 12.9. The van der Waals surface area contributed by atoms with E-state index in [4.69, 9.17) is 40.3 Å². The van der Waals surface area contributed by atoms with Gasteiger partial charge in [-0.3, -0.25) is 4.90 Å². The van der Waals surface area contributed by atoms with Crippen molar-refractivity contribution >= 4 is 44.7 Å². The Balaban J connectivity index is 1.14. The second-order valence-electron chi connectivity index (χ2n) is 15.5. The monoisotopic (exact) mass is 878 g/mol. The number of ether oxygens (including phenoxy) is 5. The van der Waals surface area contributed by atoms with Crippen molar-refractivity contribution in [1.82, 2.24) is 29.7 Å². The molecule has 0 aliphatic carbocycles. The zero-order chi connectivity index (χ0) is 42.7. The number of rotatable bonds is 8. The Labute approximate surface area is 366 Å². The van der Waals surface area contributed by atoms with Gasteiger partial charge in [-0.05, 0) is 85.1 Å². The molecule has 0 saturated carbocycles. The molecular weight excluding hydrogens is 835 g/mol. The van der Waals surface area contributed by atoms with E-state index in [2.05, 4.69) is 31.8 Å². The summed E-state index contributed by atoms with van der Waals surface area (Å²) in [6.07, 6.45) is 3.78. The van der Waals surface area contributed by atoms with Crippen LogP contribution >= 0.6 is 22.9 Å². The molecule has 16 heteroatoms. The minimum atomic E-state index is -1.42. The summed E-state index contributed by atoms with van der Waals surface area (Å²) in [5.74, 6) is 0.523. The molecule has 0 amide bonds. The molecule has 13 nitrogen and oxygen atoms in total. The number of hydrogen-bond acceptors (Lipinski definition) is 13. The molecule has 6 aromatic rings. The van der Waals surface area contributed by atoms with E-state index in [1.807, 2.05) is 25.1 Å². The Bertz CT molecular complexity index is 2640. The van der Waals surface area contributed by atoms with E-state index in [1.165, 1.54) is 29.8 Å². The fourth-order valence-electron chi connectivity index (χ4n) is 7.86. The Morgan fingerprint density at radius 2 is 1.87 bits per heavy atom. The maximum Gasteiger partial charge on any atom is 0.345 e. The van der Waals surface area contributed by atoms with Crippen LogP contribution in [0.15, 0.2) is 79.3 Å². The number of thiophene rings is 1. The van der Waals surface area contributed by atoms with Crippen LogP contribution in [0, 0.1) is 12.7 Å². The summed E-state index contributed by atoms with van der Waals surface area (Å²) in [5.41, 5.74) is 5.06. The van der Waals surface area contributed by atoms with Gasteiger partial charge in [0, 0.05) is 61.3 Å². The number of carboxylic acid groups (broad SMARTS) is 1. The first kappa shape index (κ1) is 41.6. The second-order valence-corrected chi connectivity index (χ2v) is 16.9. The highest BCUT2D eigenvalue weighted by molar-refractivity contribution is 7.22. The van der Waals surface area contributed by atoms with Gasteiger partial charge in [-0.2, -0.15) is 0 Å². The topological polar surface area (TPSA) is 141 Å². The SMILES string of the molecule is Cc1c2ccc(c1Cl)O[C@H](CN1CCN(C)CC1)COc1ccc(OCc3ccnc(C4=CCOCC4)n3)c(c1)C[C@H](C(=O)O)Oc1ncnc3sc(-c4ccc(F)cc4)c-2c13. The van der Waals surface area contributed by atoms with Crippen molar-refractivity contribution in [3.63, 3.8) is 0 Å². The van der Waals surface area contributed by atoms with Crippen LogP contribution in [0.25, 0.3) is 37.4 Å². The van der Waals surface area contributed by atoms with E-state index in [1.54, 1.807) is 42.6 Å². The number of nitrogens with zero attached hydrogens (tertiary/aromatic N) is 6. The molecule has 62 heavy (non-hydrogen) atoms. The number of aromatic nitrogens is 4. The van der Waals surface area contributed by atoms with E-state index in [0.29, 0.717) is 86.9 Å². The molecule has 0 unspecified atom stereocenters. The summed E-state index contributed by atoms with van der Waals surface area (Å²) in [4.78, 5) is 37.5. The Hall–Kier alpha value is -5.71. The lowest BCUT2D eigenvalue weighted by molar-refractivity contribution is -0.145. The first-order valence-corrected chi connectivity index (χ1v) is 21.6. The Morgan fingerprint density at radius 1 is 1.03 bits per heavy atom. The van der Waals surface area contributed by atoms with Crippen molar-refractivity contribution < 1.29 is 38.0 Å². The standard InChI is InChI=1S/C46H44ClFN6O7S/c1-27-35-8-10-37(41(27)47)60-34(23-54-17-15-53(2)16-18-54)25-58-33-7-9-36(59-24-32-11-14-49-43(52-32)29-12-19-57-20-13-29)30(21-33)22-38(46(55)56)61-44-40-39(35)42(62-45(40)51-26-50-44)28-3-5-31(48)6-4-28/h3-12,14,21,26,34,38H,13,15-20,22-25H2,1-2H3,(H,55,56)/t34-,38-/m1/s1. The van der Waals surface area contributed by atoms with E-state index >= 15 is 0 Å². The lowest BCUT2D eigenvalue weighted by Gasteiger charge is -2.34. The van der Waals surface area contributed by atoms with Gasteiger partial charge in [0.25, 0.3) is 0 Å². The minimum absolute atomic E-state index is 0.0697. The van der Waals surface area contributed by atoms with Gasteiger partial charge in [0.15, 0.2) is 5.82 Å². The largest absolute Gasteiger partial charge is 0.490 e. The molecule has 0 spiro atoms. The van der Waals surface area contributed by atoms with Crippen LogP contribution in [-0.2, 0) is 22.6 Å². The number of likely N-dealkylation sites (N-methyl/N-ethyl adjacent to an activating group) is 1. The fourth-order valence-corrected chi connectivity index (χ4v) is 9.23. The van der Waals surface area contributed by atoms with Crippen LogP contribution in [0.4, 0.5) is 4.39 Å². The zero-order valence-electron chi connectivity index (χ0n) is 34.2. The van der Waals surface area contributed by atoms with E-state index in [9.17, 15) is 14.3 Å². The number of fused-ring (bicyclic) bond motifs is 7.